The molecule has 3 nitrogen and oxygen atoms in total. The van der Waals surface area contributed by atoms with Gasteiger partial charge in [0.15, 0.2) is 0 Å². The van der Waals surface area contributed by atoms with Crippen LogP contribution in [0.3, 0.4) is 0 Å². The molecule has 0 unspecified atom stereocenters. The lowest BCUT2D eigenvalue weighted by Crippen LogP contribution is -2.00. The molecule has 0 aliphatic rings. The largest absolute Gasteiger partial charge is 0.478 e. The van der Waals surface area contributed by atoms with E-state index in [1.54, 1.807) is 0 Å². The van der Waals surface area contributed by atoms with Crippen molar-refractivity contribution in [2.45, 2.75) is 13.8 Å². The topological polar surface area (TPSA) is 63.3 Å². The van der Waals surface area contributed by atoms with E-state index in [9.17, 15) is 9.18 Å². The monoisotopic (exact) mass is 185 g/mol. The van der Waals surface area contributed by atoms with Gasteiger partial charge in [-0.25, -0.2) is 9.18 Å². The van der Waals surface area contributed by atoms with Crippen LogP contribution < -0.4 is 5.73 Å². The number of nitrogens with two attached hydrogens (primary N) is 1. The van der Waals surface area contributed by atoms with Crippen molar-refractivity contribution in [1.29, 1.82) is 0 Å². The first-order valence-corrected chi connectivity index (χ1v) is 3.89. The second kappa shape index (κ2) is 5.13. The van der Waals surface area contributed by atoms with E-state index in [1.165, 1.54) is 6.07 Å². The maximum absolute atomic E-state index is 12.6. The van der Waals surface area contributed by atoms with Gasteiger partial charge in [0.2, 0.25) is 0 Å². The van der Waals surface area contributed by atoms with Crippen LogP contribution in [0, 0.1) is 5.82 Å². The van der Waals surface area contributed by atoms with Crippen LogP contribution in [0.1, 0.15) is 24.2 Å². The van der Waals surface area contributed by atoms with Crippen LogP contribution in [-0.4, -0.2) is 11.1 Å². The average Bonchev–Trinajstić information content (AvgIpc) is 2.07. The number of benzene rings is 1. The lowest BCUT2D eigenvalue weighted by Gasteiger charge is -1.96. The van der Waals surface area contributed by atoms with Gasteiger partial charge in [-0.1, -0.05) is 13.8 Å². The summed E-state index contributed by atoms with van der Waals surface area (Å²) in [6, 6.07) is 3.45. The van der Waals surface area contributed by atoms with Gasteiger partial charge in [0.1, 0.15) is 5.82 Å². The van der Waals surface area contributed by atoms with Crippen LogP contribution in [0.25, 0.3) is 0 Å². The number of nitrogen functional groups attached to an aromatic ring is 1. The number of carboxylic acid groups (broad SMARTS) is 1. The highest BCUT2D eigenvalue weighted by Crippen LogP contribution is 2.10. The van der Waals surface area contributed by atoms with Crippen LogP contribution in [0.5, 0.6) is 0 Å². The molecular weight excluding hydrogens is 173 g/mol. The van der Waals surface area contributed by atoms with Gasteiger partial charge >= 0.3 is 5.97 Å². The molecule has 3 N–H and O–H groups in total. The van der Waals surface area contributed by atoms with E-state index >= 15 is 0 Å². The van der Waals surface area contributed by atoms with Gasteiger partial charge in [0.25, 0.3) is 0 Å². The van der Waals surface area contributed by atoms with Gasteiger partial charge in [-0.15, -0.1) is 0 Å². The van der Waals surface area contributed by atoms with Gasteiger partial charge in [-0.05, 0) is 18.2 Å². The number of halogens is 1. The Morgan fingerprint density at radius 1 is 1.46 bits per heavy atom. The fourth-order valence-electron chi connectivity index (χ4n) is 0.705. The number of rotatable bonds is 1. The van der Waals surface area contributed by atoms with Gasteiger partial charge in [0.05, 0.1) is 5.56 Å². The molecule has 0 amide bonds. The molecule has 0 radical (unpaired) electrons. The number of hydrogen-bond donors (Lipinski definition) is 2. The Balaban J connectivity index is 0.000000671. The smallest absolute Gasteiger partial charge is 0.338 e. The van der Waals surface area contributed by atoms with Crippen molar-refractivity contribution in [2.24, 2.45) is 0 Å². The summed E-state index contributed by atoms with van der Waals surface area (Å²) in [4.78, 5) is 10.3. The zero-order chi connectivity index (χ0) is 10.4. The fourth-order valence-corrected chi connectivity index (χ4v) is 0.705. The van der Waals surface area contributed by atoms with Gasteiger partial charge in [-0.3, -0.25) is 0 Å². The standard InChI is InChI=1S/C7H6FNO2.C2H6/c8-6-3-4(9)1-2-5(6)7(10)11;1-2/h1-3H,9H2,(H,10,11);1-2H3. The molecule has 1 aromatic rings. The first-order valence-electron chi connectivity index (χ1n) is 3.89. The summed E-state index contributed by atoms with van der Waals surface area (Å²) in [5.41, 5.74) is 5.05. The predicted molar refractivity (Wildman–Crippen MR) is 49.1 cm³/mol. The first kappa shape index (κ1) is 11.4. The third kappa shape index (κ3) is 3.11. The average molecular weight is 185 g/mol. The molecule has 0 aromatic heterocycles. The first-order chi connectivity index (χ1) is 6.11. The summed E-state index contributed by atoms with van der Waals surface area (Å²) in [6.07, 6.45) is 0. The van der Waals surface area contributed by atoms with Crippen molar-refractivity contribution >= 4 is 11.7 Å². The summed E-state index contributed by atoms with van der Waals surface area (Å²) in [5.74, 6) is -2.10. The maximum Gasteiger partial charge on any atom is 0.338 e. The number of carboxylic acids is 1. The minimum atomic E-state index is -1.29. The Morgan fingerprint density at radius 2 is 2.00 bits per heavy atom. The molecular formula is C9H12FNO2. The van der Waals surface area contributed by atoms with Crippen molar-refractivity contribution in [3.8, 4) is 0 Å². The maximum atomic E-state index is 12.6. The Morgan fingerprint density at radius 3 is 2.38 bits per heavy atom. The molecule has 0 atom stereocenters. The molecule has 0 aliphatic carbocycles. The molecule has 13 heavy (non-hydrogen) atoms. The SMILES string of the molecule is CC.Nc1ccc(C(=O)O)c(F)c1. The number of anilines is 1. The van der Waals surface area contributed by atoms with E-state index in [2.05, 4.69) is 0 Å². The second-order valence-corrected chi connectivity index (χ2v) is 2.04. The molecule has 4 heteroatoms. The molecule has 0 saturated carbocycles. The highest BCUT2D eigenvalue weighted by Gasteiger charge is 2.08. The minimum absolute atomic E-state index is 0.215. The van der Waals surface area contributed by atoms with E-state index in [4.69, 9.17) is 10.8 Å². The van der Waals surface area contributed by atoms with Crippen molar-refractivity contribution in [3.63, 3.8) is 0 Å². The van der Waals surface area contributed by atoms with Crippen molar-refractivity contribution < 1.29 is 14.3 Å². The Kier molecular flexibility index (Phi) is 4.51. The summed E-state index contributed by atoms with van der Waals surface area (Å²) in [7, 11) is 0. The number of hydrogen-bond acceptors (Lipinski definition) is 2. The van der Waals surface area contributed by atoms with Crippen molar-refractivity contribution in [1.82, 2.24) is 0 Å². The van der Waals surface area contributed by atoms with Crippen LogP contribution in [0.2, 0.25) is 0 Å². The summed E-state index contributed by atoms with van der Waals surface area (Å²) in [5, 5.41) is 8.38. The van der Waals surface area contributed by atoms with Gasteiger partial charge < -0.3 is 10.8 Å². The lowest BCUT2D eigenvalue weighted by atomic mass is 10.2. The molecule has 0 heterocycles. The summed E-state index contributed by atoms with van der Waals surface area (Å²) in [6.45, 7) is 4.00. The number of aromatic carboxylic acids is 1. The van der Waals surface area contributed by atoms with Crippen LogP contribution in [0.4, 0.5) is 10.1 Å². The van der Waals surface area contributed by atoms with Crippen molar-refractivity contribution in [2.75, 3.05) is 5.73 Å². The normalized spacial score (nSPS) is 8.54. The molecule has 1 aromatic carbocycles. The van der Waals surface area contributed by atoms with E-state index in [1.807, 2.05) is 13.8 Å². The van der Waals surface area contributed by atoms with E-state index in [0.29, 0.717) is 0 Å². The van der Waals surface area contributed by atoms with E-state index in [-0.39, 0.29) is 11.3 Å². The highest BCUT2D eigenvalue weighted by atomic mass is 19.1. The third-order valence-corrected chi connectivity index (χ3v) is 1.22. The van der Waals surface area contributed by atoms with Crippen molar-refractivity contribution in [3.05, 3.63) is 29.6 Å². The van der Waals surface area contributed by atoms with Crippen LogP contribution >= 0.6 is 0 Å². The number of carbonyl (C=O) groups is 1. The minimum Gasteiger partial charge on any atom is -0.478 e. The van der Waals surface area contributed by atoms with E-state index in [0.717, 1.165) is 12.1 Å². The molecule has 1 rings (SSSR count). The van der Waals surface area contributed by atoms with Crippen LogP contribution in [0.15, 0.2) is 18.2 Å². The molecule has 0 fully saturated rings. The van der Waals surface area contributed by atoms with E-state index < -0.39 is 11.8 Å². The zero-order valence-corrected chi connectivity index (χ0v) is 7.54. The molecule has 0 spiro atoms. The molecule has 0 bridgehead atoms. The summed E-state index contributed by atoms with van der Waals surface area (Å²) < 4.78 is 12.6. The third-order valence-electron chi connectivity index (χ3n) is 1.22. The highest BCUT2D eigenvalue weighted by molar-refractivity contribution is 5.88. The summed E-state index contributed by atoms with van der Waals surface area (Å²) >= 11 is 0. The zero-order valence-electron chi connectivity index (χ0n) is 7.54. The molecule has 72 valence electrons. The lowest BCUT2D eigenvalue weighted by molar-refractivity contribution is 0.0692. The Bertz CT molecular complexity index is 300. The van der Waals surface area contributed by atoms with Gasteiger partial charge in [-0.2, -0.15) is 0 Å². The molecule has 0 aliphatic heterocycles. The fraction of sp³-hybridized carbons (Fsp3) is 0.222. The Hall–Kier alpha value is -1.58. The van der Waals surface area contributed by atoms with Gasteiger partial charge in [0, 0.05) is 5.69 Å². The predicted octanol–water partition coefficient (Wildman–Crippen LogP) is 2.13. The second-order valence-electron chi connectivity index (χ2n) is 2.04. The molecule has 0 saturated heterocycles. The van der Waals surface area contributed by atoms with Crippen LogP contribution in [-0.2, 0) is 0 Å². The quantitative estimate of drug-likeness (QED) is 0.659. The Labute approximate surface area is 76.0 Å².